The van der Waals surface area contributed by atoms with E-state index in [1.165, 1.54) is 0 Å². The number of nitrogens with one attached hydrogen (secondary N) is 1. The Morgan fingerprint density at radius 3 is 2.88 bits per heavy atom. The molecule has 5 aromatic rings. The van der Waals surface area contributed by atoms with Crippen LogP contribution < -0.4 is 5.56 Å². The number of hydrogen-bond donors (Lipinski definition) is 2. The summed E-state index contributed by atoms with van der Waals surface area (Å²) in [6.07, 6.45) is 7.94. The molecule has 4 aromatic heterocycles. The second-order valence-electron chi connectivity index (χ2n) is 8.52. The van der Waals surface area contributed by atoms with Gasteiger partial charge in [0.05, 0.1) is 23.9 Å². The zero-order valence-electron chi connectivity index (χ0n) is 18.3. The fourth-order valence-corrected chi connectivity index (χ4v) is 3.95. The van der Waals surface area contributed by atoms with Crippen molar-refractivity contribution in [2.24, 2.45) is 0 Å². The van der Waals surface area contributed by atoms with E-state index in [4.69, 9.17) is 0 Å². The molecule has 0 saturated heterocycles. The molecule has 0 aliphatic heterocycles. The lowest BCUT2D eigenvalue weighted by Gasteiger charge is -2.18. The van der Waals surface area contributed by atoms with Crippen molar-refractivity contribution in [1.82, 2.24) is 33.7 Å². The molecule has 2 N–H and O–H groups in total. The predicted molar refractivity (Wildman–Crippen MR) is 121 cm³/mol. The molecule has 4 heterocycles. The summed E-state index contributed by atoms with van der Waals surface area (Å²) in [6, 6.07) is 7.83. The van der Waals surface area contributed by atoms with Gasteiger partial charge in [-0.1, -0.05) is 31.2 Å². The van der Waals surface area contributed by atoms with Gasteiger partial charge >= 0.3 is 0 Å². The van der Waals surface area contributed by atoms with Gasteiger partial charge in [0.15, 0.2) is 11.2 Å². The van der Waals surface area contributed by atoms with E-state index in [0.29, 0.717) is 35.9 Å². The fourth-order valence-electron chi connectivity index (χ4n) is 3.95. The van der Waals surface area contributed by atoms with Crippen LogP contribution in [0.25, 0.3) is 28.3 Å². The van der Waals surface area contributed by atoms with Crippen LogP contribution in [0.15, 0.2) is 53.8 Å². The molecule has 0 bridgehead atoms. The summed E-state index contributed by atoms with van der Waals surface area (Å²) >= 11 is 0. The Hall–Kier alpha value is -3.72. The molecule has 9 heteroatoms. The summed E-state index contributed by atoms with van der Waals surface area (Å²) in [4.78, 5) is 25.2. The smallest absolute Gasteiger partial charge is 0.280 e. The average molecular weight is 432 g/mol. The Labute approximate surface area is 184 Å². The first-order valence-electron chi connectivity index (χ1n) is 10.7. The van der Waals surface area contributed by atoms with Crippen LogP contribution in [-0.4, -0.2) is 38.8 Å². The highest BCUT2D eigenvalue weighted by atomic mass is 16.3. The maximum atomic E-state index is 13.0. The van der Waals surface area contributed by atoms with Gasteiger partial charge in [-0.3, -0.25) is 18.4 Å². The first kappa shape index (κ1) is 20.2. The number of hydrogen-bond acceptors (Lipinski definition) is 5. The number of aromatic nitrogens is 7. The second kappa shape index (κ2) is 7.45. The molecule has 32 heavy (non-hydrogen) atoms. The first-order valence-corrected chi connectivity index (χ1v) is 10.7. The summed E-state index contributed by atoms with van der Waals surface area (Å²) < 4.78 is 5.32. The molecule has 164 valence electrons. The van der Waals surface area contributed by atoms with Crippen LogP contribution in [-0.2, 0) is 18.7 Å². The number of rotatable bonds is 6. The SMILES string of the molecule is CCCn1c(=O)c2[nH]c(-c3cnn(Cc4cccc(C(C)(C)O)c4)c3)nc2n2ccnc12. The van der Waals surface area contributed by atoms with Gasteiger partial charge in [0.25, 0.3) is 5.56 Å². The molecule has 5 rings (SSSR count). The third-order valence-electron chi connectivity index (χ3n) is 5.57. The van der Waals surface area contributed by atoms with E-state index in [2.05, 4.69) is 20.1 Å². The quantitative estimate of drug-likeness (QED) is 0.430. The highest BCUT2D eigenvalue weighted by molar-refractivity contribution is 5.77. The van der Waals surface area contributed by atoms with Crippen molar-refractivity contribution in [2.45, 2.75) is 45.9 Å². The minimum absolute atomic E-state index is 0.130. The molecular weight excluding hydrogens is 406 g/mol. The summed E-state index contributed by atoms with van der Waals surface area (Å²) in [5, 5.41) is 14.7. The molecule has 0 atom stereocenters. The van der Waals surface area contributed by atoms with Crippen LogP contribution in [0.4, 0.5) is 0 Å². The van der Waals surface area contributed by atoms with E-state index < -0.39 is 5.60 Å². The summed E-state index contributed by atoms with van der Waals surface area (Å²) in [5.41, 5.74) is 2.65. The van der Waals surface area contributed by atoms with Crippen molar-refractivity contribution < 1.29 is 5.11 Å². The zero-order chi connectivity index (χ0) is 22.5. The normalized spacial score (nSPS) is 12.2. The maximum Gasteiger partial charge on any atom is 0.280 e. The van der Waals surface area contributed by atoms with Crippen molar-refractivity contribution in [1.29, 1.82) is 0 Å². The van der Waals surface area contributed by atoms with Gasteiger partial charge < -0.3 is 10.1 Å². The van der Waals surface area contributed by atoms with Gasteiger partial charge in [-0.05, 0) is 31.4 Å². The van der Waals surface area contributed by atoms with Crippen molar-refractivity contribution in [3.8, 4) is 11.4 Å². The number of benzene rings is 1. The predicted octanol–water partition coefficient (Wildman–Crippen LogP) is 2.92. The van der Waals surface area contributed by atoms with Crippen molar-refractivity contribution in [2.75, 3.05) is 0 Å². The Morgan fingerprint density at radius 2 is 2.09 bits per heavy atom. The lowest BCUT2D eigenvalue weighted by molar-refractivity contribution is 0.0785. The largest absolute Gasteiger partial charge is 0.386 e. The number of fused-ring (bicyclic) bond motifs is 3. The lowest BCUT2D eigenvalue weighted by Crippen LogP contribution is -2.23. The first-order chi connectivity index (χ1) is 15.3. The van der Waals surface area contributed by atoms with Crippen LogP contribution >= 0.6 is 0 Å². The molecular formula is C23H25N7O2. The van der Waals surface area contributed by atoms with Gasteiger partial charge in [-0.2, -0.15) is 5.10 Å². The van der Waals surface area contributed by atoms with Crippen LogP contribution in [0, 0.1) is 0 Å². The van der Waals surface area contributed by atoms with Crippen LogP contribution in [0.5, 0.6) is 0 Å². The molecule has 0 aliphatic rings. The van der Waals surface area contributed by atoms with Gasteiger partial charge in [0, 0.05) is 25.1 Å². The van der Waals surface area contributed by atoms with Crippen LogP contribution in [0.3, 0.4) is 0 Å². The highest BCUT2D eigenvalue weighted by Gasteiger charge is 2.18. The molecule has 0 amide bonds. The fraction of sp³-hybridized carbons (Fsp3) is 0.304. The van der Waals surface area contributed by atoms with E-state index in [1.54, 1.807) is 30.8 Å². The second-order valence-corrected chi connectivity index (χ2v) is 8.52. The zero-order valence-corrected chi connectivity index (χ0v) is 18.3. The molecule has 0 aliphatic carbocycles. The standard InChI is InChI=1S/C23H25N7O2/c1-4-9-30-21(31)18-20(29-10-8-24-22(29)30)27-19(26-18)16-12-25-28(14-16)13-15-6-5-7-17(11-15)23(2,3)32/h5-8,10-12,14,32H,4,9,13H2,1-3H3,(H,26,27). The molecule has 0 spiro atoms. The third-order valence-corrected chi connectivity index (χ3v) is 5.57. The van der Waals surface area contributed by atoms with E-state index in [-0.39, 0.29) is 5.56 Å². The van der Waals surface area contributed by atoms with Gasteiger partial charge in [-0.15, -0.1) is 0 Å². The Bertz CT molecular complexity index is 1480. The maximum absolute atomic E-state index is 13.0. The van der Waals surface area contributed by atoms with E-state index >= 15 is 0 Å². The minimum Gasteiger partial charge on any atom is -0.386 e. The van der Waals surface area contributed by atoms with Gasteiger partial charge in [-0.25, -0.2) is 9.97 Å². The molecule has 0 radical (unpaired) electrons. The molecule has 0 unspecified atom stereocenters. The number of imidazole rings is 2. The third kappa shape index (κ3) is 3.40. The Balaban J connectivity index is 1.51. The van der Waals surface area contributed by atoms with Crippen molar-refractivity contribution in [3.63, 3.8) is 0 Å². The topological polar surface area (TPSA) is 106 Å². The summed E-state index contributed by atoms with van der Waals surface area (Å²) in [7, 11) is 0. The molecule has 1 aromatic carbocycles. The Morgan fingerprint density at radius 1 is 1.25 bits per heavy atom. The number of aliphatic hydroxyl groups is 1. The van der Waals surface area contributed by atoms with Crippen molar-refractivity contribution >= 4 is 16.9 Å². The Kier molecular flexibility index (Phi) is 4.70. The van der Waals surface area contributed by atoms with Gasteiger partial charge in [0.2, 0.25) is 5.78 Å². The molecule has 9 nitrogen and oxygen atoms in total. The summed E-state index contributed by atoms with van der Waals surface area (Å²) in [6.45, 7) is 6.71. The number of nitrogens with zero attached hydrogens (tertiary/aromatic N) is 6. The van der Waals surface area contributed by atoms with Gasteiger partial charge in [0.1, 0.15) is 5.82 Å². The van der Waals surface area contributed by atoms with E-state index in [9.17, 15) is 9.90 Å². The highest BCUT2D eigenvalue weighted by Crippen LogP contribution is 2.22. The minimum atomic E-state index is -0.900. The summed E-state index contributed by atoms with van der Waals surface area (Å²) in [5.74, 6) is 1.17. The number of aryl methyl sites for hydroxylation is 1. The van der Waals surface area contributed by atoms with Crippen LogP contribution in [0.2, 0.25) is 0 Å². The number of aromatic amines is 1. The molecule has 0 fully saturated rings. The monoisotopic (exact) mass is 431 g/mol. The van der Waals surface area contributed by atoms with E-state index in [1.807, 2.05) is 52.7 Å². The van der Waals surface area contributed by atoms with Crippen molar-refractivity contribution in [3.05, 3.63) is 70.5 Å². The average Bonchev–Trinajstić information content (AvgIpc) is 3.49. The van der Waals surface area contributed by atoms with E-state index in [0.717, 1.165) is 23.1 Å². The molecule has 0 saturated carbocycles. The lowest BCUT2D eigenvalue weighted by atomic mass is 9.96. The van der Waals surface area contributed by atoms with Crippen LogP contribution in [0.1, 0.15) is 38.3 Å². The number of H-pyrrole nitrogens is 1.